The zero-order valence-corrected chi connectivity index (χ0v) is 19.1. The minimum atomic E-state index is 0.417. The van der Waals surface area contributed by atoms with Crippen molar-refractivity contribution in [2.45, 2.75) is 19.8 Å². The molecule has 0 fully saturated rings. The summed E-state index contributed by atoms with van der Waals surface area (Å²) >= 11 is 0. The van der Waals surface area contributed by atoms with E-state index in [1.54, 1.807) is 6.33 Å². The van der Waals surface area contributed by atoms with Crippen LogP contribution in [0.25, 0.3) is 21.9 Å². The van der Waals surface area contributed by atoms with E-state index in [2.05, 4.69) is 41.4 Å². The van der Waals surface area contributed by atoms with Crippen LogP contribution in [0.3, 0.4) is 0 Å². The first-order valence-electron chi connectivity index (χ1n) is 11.3. The van der Waals surface area contributed by atoms with Crippen LogP contribution < -0.4 is 0 Å². The van der Waals surface area contributed by atoms with Crippen molar-refractivity contribution in [3.63, 3.8) is 0 Å². The Hall–Kier alpha value is -4.71. The molecule has 0 unspecified atom stereocenters. The molecule has 0 aliphatic heterocycles. The lowest BCUT2D eigenvalue weighted by Gasteiger charge is -2.12. The third-order valence-corrected chi connectivity index (χ3v) is 6.04. The number of nitriles is 2. The van der Waals surface area contributed by atoms with Crippen LogP contribution in [-0.2, 0) is 24.5 Å². The molecule has 5 rings (SSSR count). The number of aromatic nitrogens is 2. The molecule has 0 saturated carbocycles. The second-order valence-electron chi connectivity index (χ2n) is 8.33. The zero-order valence-electron chi connectivity index (χ0n) is 19.1. The second kappa shape index (κ2) is 10.1. The van der Waals surface area contributed by atoms with E-state index in [1.807, 2.05) is 71.4 Å². The summed E-state index contributed by atoms with van der Waals surface area (Å²) in [6.45, 7) is 1.50. The van der Waals surface area contributed by atoms with Gasteiger partial charge >= 0.3 is 0 Å². The average molecular weight is 455 g/mol. The van der Waals surface area contributed by atoms with Gasteiger partial charge in [0.2, 0.25) is 0 Å². The zero-order chi connectivity index (χ0) is 24.0. The monoisotopic (exact) mass is 454 g/mol. The third-order valence-electron chi connectivity index (χ3n) is 6.04. The predicted molar refractivity (Wildman–Crippen MR) is 135 cm³/mol. The van der Waals surface area contributed by atoms with Gasteiger partial charge in [-0.05, 0) is 51.7 Å². The van der Waals surface area contributed by atoms with Crippen LogP contribution in [0.1, 0.15) is 27.9 Å². The molecular weight excluding hydrogens is 432 g/mol. The normalized spacial score (nSPS) is 10.7. The SMILES string of the molecule is N#Cc1ccc(Cn2cncc2COCc2ccc(C#N)c(-c3cccc4ccccc34)c2)cc1. The maximum absolute atomic E-state index is 9.72. The minimum absolute atomic E-state index is 0.417. The smallest absolute Gasteiger partial charge is 0.0998 e. The van der Waals surface area contributed by atoms with Gasteiger partial charge in [-0.1, -0.05) is 60.7 Å². The van der Waals surface area contributed by atoms with Gasteiger partial charge in [0.25, 0.3) is 0 Å². The Bertz CT molecular complexity index is 1560. The molecule has 1 heterocycles. The van der Waals surface area contributed by atoms with Gasteiger partial charge in [-0.25, -0.2) is 4.98 Å². The van der Waals surface area contributed by atoms with E-state index in [0.29, 0.717) is 30.9 Å². The third kappa shape index (κ3) is 4.82. The Morgan fingerprint density at radius 1 is 0.771 bits per heavy atom. The molecule has 0 bridgehead atoms. The van der Waals surface area contributed by atoms with E-state index in [-0.39, 0.29) is 0 Å². The highest BCUT2D eigenvalue weighted by Crippen LogP contribution is 2.31. The topological polar surface area (TPSA) is 74.6 Å². The Kier molecular flexibility index (Phi) is 6.35. The second-order valence-corrected chi connectivity index (χ2v) is 8.33. The summed E-state index contributed by atoms with van der Waals surface area (Å²) in [6, 6.07) is 32.3. The minimum Gasteiger partial charge on any atom is -0.371 e. The number of imidazole rings is 1. The summed E-state index contributed by atoms with van der Waals surface area (Å²) in [6.07, 6.45) is 3.60. The molecule has 35 heavy (non-hydrogen) atoms. The summed E-state index contributed by atoms with van der Waals surface area (Å²) in [4.78, 5) is 4.28. The molecule has 5 aromatic rings. The van der Waals surface area contributed by atoms with Gasteiger partial charge in [0.1, 0.15) is 0 Å². The summed E-state index contributed by atoms with van der Waals surface area (Å²) in [5, 5.41) is 21.0. The molecule has 0 N–H and O–H groups in total. The van der Waals surface area contributed by atoms with Crippen molar-refractivity contribution in [1.82, 2.24) is 9.55 Å². The standard InChI is InChI=1S/C30H22N4O/c31-15-22-8-10-23(11-9-22)18-34-21-33-17-27(34)20-35-19-24-12-13-26(16-32)30(14-24)29-7-3-5-25-4-1-2-6-28(25)29/h1-14,17,21H,18-20H2. The van der Waals surface area contributed by atoms with Gasteiger partial charge in [0.05, 0.1) is 54.7 Å². The maximum Gasteiger partial charge on any atom is 0.0998 e. The summed E-state index contributed by atoms with van der Waals surface area (Å²) in [7, 11) is 0. The van der Waals surface area contributed by atoms with Gasteiger partial charge in [-0.2, -0.15) is 10.5 Å². The predicted octanol–water partition coefficient (Wildman–Crippen LogP) is 6.21. The van der Waals surface area contributed by atoms with Crippen molar-refractivity contribution >= 4 is 10.8 Å². The molecular formula is C30H22N4O. The van der Waals surface area contributed by atoms with E-state index in [0.717, 1.165) is 38.7 Å². The van der Waals surface area contributed by atoms with Crippen LogP contribution in [0, 0.1) is 22.7 Å². The molecule has 0 amide bonds. The van der Waals surface area contributed by atoms with Gasteiger partial charge in [-0.3, -0.25) is 0 Å². The molecule has 0 spiro atoms. The lowest BCUT2D eigenvalue weighted by Crippen LogP contribution is -2.05. The summed E-state index contributed by atoms with van der Waals surface area (Å²) in [5.74, 6) is 0. The first-order chi connectivity index (χ1) is 17.2. The highest BCUT2D eigenvalue weighted by atomic mass is 16.5. The molecule has 4 aromatic carbocycles. The molecule has 168 valence electrons. The number of ether oxygens (including phenoxy) is 1. The number of benzene rings is 4. The van der Waals surface area contributed by atoms with Crippen LogP contribution in [0.4, 0.5) is 0 Å². The Labute approximate surface area is 204 Å². The largest absolute Gasteiger partial charge is 0.371 e. The van der Waals surface area contributed by atoms with Crippen LogP contribution in [0.5, 0.6) is 0 Å². The van der Waals surface area contributed by atoms with Crippen molar-refractivity contribution in [1.29, 1.82) is 10.5 Å². The fourth-order valence-electron chi connectivity index (χ4n) is 4.23. The van der Waals surface area contributed by atoms with Crippen LogP contribution >= 0.6 is 0 Å². The summed E-state index contributed by atoms with van der Waals surface area (Å²) < 4.78 is 8.09. The van der Waals surface area contributed by atoms with Crippen LogP contribution in [0.15, 0.2) is 97.5 Å². The molecule has 1 aromatic heterocycles. The van der Waals surface area contributed by atoms with Gasteiger partial charge < -0.3 is 9.30 Å². The first-order valence-corrected chi connectivity index (χ1v) is 11.3. The fraction of sp³-hybridized carbons (Fsp3) is 0.100. The van der Waals surface area contributed by atoms with E-state index in [9.17, 15) is 5.26 Å². The number of rotatable bonds is 7. The molecule has 0 aliphatic carbocycles. The van der Waals surface area contributed by atoms with Gasteiger partial charge in [0.15, 0.2) is 0 Å². The molecule has 0 atom stereocenters. The van der Waals surface area contributed by atoms with Gasteiger partial charge in [0, 0.05) is 12.1 Å². The fourth-order valence-corrected chi connectivity index (χ4v) is 4.23. The Balaban J connectivity index is 1.31. The number of hydrogen-bond acceptors (Lipinski definition) is 4. The summed E-state index contributed by atoms with van der Waals surface area (Å²) in [5.41, 5.74) is 6.31. The van der Waals surface area contributed by atoms with E-state index in [4.69, 9.17) is 10.00 Å². The van der Waals surface area contributed by atoms with Crippen molar-refractivity contribution in [2.75, 3.05) is 0 Å². The van der Waals surface area contributed by atoms with Crippen molar-refractivity contribution in [3.05, 3.63) is 125 Å². The van der Waals surface area contributed by atoms with E-state index >= 15 is 0 Å². The lowest BCUT2D eigenvalue weighted by atomic mass is 9.93. The van der Waals surface area contributed by atoms with E-state index < -0.39 is 0 Å². The van der Waals surface area contributed by atoms with Crippen molar-refractivity contribution in [2.24, 2.45) is 0 Å². The first kappa shape index (κ1) is 22.1. The van der Waals surface area contributed by atoms with Gasteiger partial charge in [-0.15, -0.1) is 0 Å². The number of nitrogens with zero attached hydrogens (tertiary/aromatic N) is 4. The van der Waals surface area contributed by atoms with Crippen LogP contribution in [0.2, 0.25) is 0 Å². The molecule has 5 heteroatoms. The highest BCUT2D eigenvalue weighted by Gasteiger charge is 2.11. The molecule has 0 aliphatic rings. The molecule has 5 nitrogen and oxygen atoms in total. The Morgan fingerprint density at radius 2 is 1.57 bits per heavy atom. The van der Waals surface area contributed by atoms with Crippen molar-refractivity contribution in [3.8, 4) is 23.3 Å². The quantitative estimate of drug-likeness (QED) is 0.293. The average Bonchev–Trinajstić information content (AvgIpc) is 3.35. The maximum atomic E-state index is 9.72. The van der Waals surface area contributed by atoms with E-state index in [1.165, 1.54) is 0 Å². The Morgan fingerprint density at radius 3 is 2.40 bits per heavy atom. The van der Waals surface area contributed by atoms with Crippen LogP contribution in [-0.4, -0.2) is 9.55 Å². The highest BCUT2D eigenvalue weighted by molar-refractivity contribution is 5.97. The lowest BCUT2D eigenvalue weighted by molar-refractivity contribution is 0.102. The number of hydrogen-bond donors (Lipinski definition) is 0. The molecule has 0 radical (unpaired) electrons. The van der Waals surface area contributed by atoms with Crippen molar-refractivity contribution < 1.29 is 4.74 Å². The molecule has 0 saturated heterocycles. The number of fused-ring (bicyclic) bond motifs is 1.